The number of hydrogen-bond donors (Lipinski definition) is 0. The first-order chi connectivity index (χ1) is 9.56. The minimum Gasteiger partial charge on any atom is -0.293 e. The summed E-state index contributed by atoms with van der Waals surface area (Å²) in [5, 5.41) is 0. The monoisotopic (exact) mass is 279 g/mol. The summed E-state index contributed by atoms with van der Waals surface area (Å²) >= 11 is 0. The molecule has 2 bridgehead atoms. The predicted octanol–water partition coefficient (Wildman–Crippen LogP) is 3.41. The van der Waals surface area contributed by atoms with Gasteiger partial charge in [0.15, 0.2) is 0 Å². The maximum atomic E-state index is 13.8. The lowest BCUT2D eigenvalue weighted by Crippen LogP contribution is -2.45. The number of halogens is 2. The average molecular weight is 279 g/mol. The fourth-order valence-electron chi connectivity index (χ4n) is 3.48. The Hall–Kier alpha value is -1.29. The normalized spacial score (nSPS) is 30.0. The molecule has 0 amide bonds. The molecule has 1 aromatic carbocycles. The molecule has 2 aliphatic heterocycles. The third-order valence-corrected chi connectivity index (χ3v) is 4.54. The molecule has 0 spiro atoms. The Labute approximate surface area is 117 Å². The Bertz CT molecular complexity index is 489. The van der Waals surface area contributed by atoms with Crippen LogP contribution in [-0.2, 0) is 11.3 Å². The van der Waals surface area contributed by atoms with Gasteiger partial charge in [-0.3, -0.25) is 9.69 Å². The van der Waals surface area contributed by atoms with Crippen molar-refractivity contribution < 1.29 is 13.6 Å². The van der Waals surface area contributed by atoms with Crippen molar-refractivity contribution >= 4 is 5.78 Å². The minimum atomic E-state index is -3.14. The van der Waals surface area contributed by atoms with Crippen molar-refractivity contribution in [2.45, 2.75) is 56.7 Å². The quantitative estimate of drug-likeness (QED) is 0.827. The molecule has 0 saturated carbocycles. The van der Waals surface area contributed by atoms with Crippen LogP contribution >= 0.6 is 0 Å². The van der Waals surface area contributed by atoms with Crippen molar-refractivity contribution in [2.75, 3.05) is 0 Å². The molecule has 2 atom stereocenters. The highest BCUT2D eigenvalue weighted by molar-refractivity contribution is 5.86. The van der Waals surface area contributed by atoms with Crippen LogP contribution in [0.1, 0.15) is 37.7 Å². The van der Waals surface area contributed by atoms with E-state index in [1.54, 1.807) is 0 Å². The summed E-state index contributed by atoms with van der Waals surface area (Å²) in [4.78, 5) is 13.8. The summed E-state index contributed by atoms with van der Waals surface area (Å²) in [5.41, 5.74) is 1.13. The van der Waals surface area contributed by atoms with Gasteiger partial charge in [-0.05, 0) is 18.4 Å². The molecule has 0 aromatic heterocycles. The van der Waals surface area contributed by atoms with Gasteiger partial charge in [-0.1, -0.05) is 36.8 Å². The van der Waals surface area contributed by atoms with Gasteiger partial charge in [0.25, 0.3) is 0 Å². The number of ketones is 1. The van der Waals surface area contributed by atoms with Crippen LogP contribution in [0.3, 0.4) is 0 Å². The van der Waals surface area contributed by atoms with Crippen LogP contribution in [0.4, 0.5) is 8.78 Å². The molecule has 2 aliphatic rings. The molecule has 0 aliphatic carbocycles. The molecule has 0 radical (unpaired) electrons. The Balaban J connectivity index is 1.84. The molecule has 2 heterocycles. The smallest absolute Gasteiger partial charge is 0.293 e. The Morgan fingerprint density at radius 1 is 1.15 bits per heavy atom. The van der Waals surface area contributed by atoms with Gasteiger partial charge < -0.3 is 0 Å². The Morgan fingerprint density at radius 2 is 1.85 bits per heavy atom. The van der Waals surface area contributed by atoms with Gasteiger partial charge in [-0.25, -0.2) is 0 Å². The van der Waals surface area contributed by atoms with E-state index in [0.717, 1.165) is 24.8 Å². The highest BCUT2D eigenvalue weighted by Gasteiger charge is 2.48. The molecule has 3 rings (SSSR count). The molecule has 1 aromatic rings. The van der Waals surface area contributed by atoms with Gasteiger partial charge in [0.05, 0.1) is 0 Å². The number of alkyl halides is 2. The van der Waals surface area contributed by atoms with E-state index in [1.165, 1.54) is 0 Å². The van der Waals surface area contributed by atoms with Crippen LogP contribution in [-0.4, -0.2) is 28.7 Å². The maximum Gasteiger partial charge on any atom is 0.306 e. The first kappa shape index (κ1) is 13.7. The van der Waals surface area contributed by atoms with Crippen LogP contribution in [0.5, 0.6) is 0 Å². The largest absolute Gasteiger partial charge is 0.306 e. The lowest BCUT2D eigenvalue weighted by Gasteiger charge is -2.40. The number of hydrogen-bond acceptors (Lipinski definition) is 2. The summed E-state index contributed by atoms with van der Waals surface area (Å²) in [5.74, 6) is -4.01. The first-order valence-corrected chi connectivity index (χ1v) is 7.27. The third kappa shape index (κ3) is 2.62. The number of benzene rings is 1. The molecule has 2 saturated heterocycles. The zero-order valence-corrected chi connectivity index (χ0v) is 11.4. The second-order valence-corrected chi connectivity index (χ2v) is 5.93. The van der Waals surface area contributed by atoms with E-state index in [1.807, 2.05) is 30.3 Å². The van der Waals surface area contributed by atoms with Crippen LogP contribution in [0.2, 0.25) is 0 Å². The number of nitrogens with zero attached hydrogens (tertiary/aromatic N) is 1. The standard InChI is InChI=1S/C16H19F2NO/c17-16(18)10-14-8-4-7-13(9-15(16)20)19(14)11-12-5-2-1-3-6-12/h1-3,5-6,13-14H,4,7-11H2. The predicted molar refractivity (Wildman–Crippen MR) is 72.6 cm³/mol. The van der Waals surface area contributed by atoms with Crippen LogP contribution in [0.15, 0.2) is 30.3 Å². The topological polar surface area (TPSA) is 20.3 Å². The lowest BCUT2D eigenvalue weighted by molar-refractivity contribution is -0.143. The lowest BCUT2D eigenvalue weighted by atomic mass is 9.93. The highest BCUT2D eigenvalue weighted by Crippen LogP contribution is 2.38. The summed E-state index contributed by atoms with van der Waals surface area (Å²) in [7, 11) is 0. The van der Waals surface area contributed by atoms with Gasteiger partial charge in [-0.2, -0.15) is 8.78 Å². The molecule has 20 heavy (non-hydrogen) atoms. The maximum absolute atomic E-state index is 13.8. The van der Waals surface area contributed by atoms with Crippen LogP contribution < -0.4 is 0 Å². The van der Waals surface area contributed by atoms with Gasteiger partial charge in [0, 0.05) is 31.5 Å². The van der Waals surface area contributed by atoms with E-state index in [-0.39, 0.29) is 24.9 Å². The molecular formula is C16H19F2NO. The minimum absolute atomic E-state index is 0.00364. The van der Waals surface area contributed by atoms with Crippen molar-refractivity contribution in [3.8, 4) is 0 Å². The molecular weight excluding hydrogens is 260 g/mol. The van der Waals surface area contributed by atoms with Crippen molar-refractivity contribution in [3.63, 3.8) is 0 Å². The summed E-state index contributed by atoms with van der Waals surface area (Å²) in [6, 6.07) is 9.71. The average Bonchev–Trinajstić information content (AvgIpc) is 2.47. The number of Topliss-reactive ketones (excluding diaryl/α,β-unsaturated/α-hetero) is 1. The van der Waals surface area contributed by atoms with Crippen LogP contribution in [0.25, 0.3) is 0 Å². The van der Waals surface area contributed by atoms with E-state index >= 15 is 0 Å². The Kier molecular flexibility index (Phi) is 3.59. The fraction of sp³-hybridized carbons (Fsp3) is 0.562. The molecule has 2 fully saturated rings. The zero-order chi connectivity index (χ0) is 14.2. The summed E-state index contributed by atoms with van der Waals surface area (Å²) in [6.07, 6.45) is 2.26. The van der Waals surface area contributed by atoms with E-state index in [0.29, 0.717) is 6.54 Å². The van der Waals surface area contributed by atoms with E-state index in [4.69, 9.17) is 0 Å². The van der Waals surface area contributed by atoms with Crippen molar-refractivity contribution in [3.05, 3.63) is 35.9 Å². The summed E-state index contributed by atoms with van der Waals surface area (Å²) in [6.45, 7) is 0.666. The second-order valence-electron chi connectivity index (χ2n) is 5.93. The van der Waals surface area contributed by atoms with E-state index in [2.05, 4.69) is 4.90 Å². The van der Waals surface area contributed by atoms with Gasteiger partial charge in [0.2, 0.25) is 5.78 Å². The van der Waals surface area contributed by atoms with Gasteiger partial charge >= 0.3 is 5.92 Å². The Morgan fingerprint density at radius 3 is 2.60 bits per heavy atom. The fourth-order valence-corrected chi connectivity index (χ4v) is 3.48. The number of carbonyl (C=O) groups is 1. The van der Waals surface area contributed by atoms with Gasteiger partial charge in [0.1, 0.15) is 0 Å². The molecule has 2 unspecified atom stereocenters. The molecule has 2 nitrogen and oxygen atoms in total. The van der Waals surface area contributed by atoms with E-state index < -0.39 is 11.7 Å². The molecule has 4 heteroatoms. The third-order valence-electron chi connectivity index (χ3n) is 4.54. The van der Waals surface area contributed by atoms with E-state index in [9.17, 15) is 13.6 Å². The number of piperidine rings is 1. The van der Waals surface area contributed by atoms with Crippen LogP contribution in [0, 0.1) is 0 Å². The highest BCUT2D eigenvalue weighted by atomic mass is 19.3. The van der Waals surface area contributed by atoms with Crippen molar-refractivity contribution in [2.24, 2.45) is 0 Å². The second kappa shape index (κ2) is 5.24. The number of rotatable bonds is 2. The van der Waals surface area contributed by atoms with Crippen molar-refractivity contribution in [1.82, 2.24) is 4.90 Å². The van der Waals surface area contributed by atoms with Gasteiger partial charge in [-0.15, -0.1) is 0 Å². The first-order valence-electron chi connectivity index (χ1n) is 7.27. The number of carbonyl (C=O) groups excluding carboxylic acids is 1. The molecule has 0 N–H and O–H groups in total. The molecule has 108 valence electrons. The zero-order valence-electron chi connectivity index (χ0n) is 11.4. The van der Waals surface area contributed by atoms with Crippen molar-refractivity contribution in [1.29, 1.82) is 0 Å². The number of fused-ring (bicyclic) bond motifs is 2. The SMILES string of the molecule is O=C1CC2CCCC(CC1(F)F)N2Cc1ccccc1. The summed E-state index contributed by atoms with van der Waals surface area (Å²) < 4.78 is 27.7.